The van der Waals surface area contributed by atoms with Crippen LogP contribution in [0.25, 0.3) is 11.3 Å². The number of halogens is 1. The molecule has 1 heterocycles. The standard InChI is InChI=1S/C28H33FN4O3/c1-18-10-15-21(16-23(18)27(35)32(4)22-8-6-5-7-9-22)31-26(34)24-17-30-33(28(2,3)36)25(24)19-11-13-20(29)14-12-19/h10-17,22,36H,5-9H2,1-4H3,(H,31,34). The van der Waals surface area contributed by atoms with E-state index >= 15 is 0 Å². The molecule has 4 rings (SSSR count). The van der Waals surface area contributed by atoms with Crippen LogP contribution in [0.3, 0.4) is 0 Å². The van der Waals surface area contributed by atoms with Crippen molar-refractivity contribution in [3.05, 3.63) is 71.2 Å². The number of benzene rings is 2. The lowest BCUT2D eigenvalue weighted by atomic mass is 9.94. The van der Waals surface area contributed by atoms with E-state index in [1.165, 1.54) is 41.6 Å². The van der Waals surface area contributed by atoms with Crippen molar-refractivity contribution in [1.29, 1.82) is 0 Å². The van der Waals surface area contributed by atoms with Crippen molar-refractivity contribution >= 4 is 17.5 Å². The summed E-state index contributed by atoms with van der Waals surface area (Å²) in [4.78, 5) is 28.5. The number of hydrogen-bond donors (Lipinski definition) is 2. The Labute approximate surface area is 210 Å². The van der Waals surface area contributed by atoms with Crippen LogP contribution in [-0.2, 0) is 5.72 Å². The summed E-state index contributed by atoms with van der Waals surface area (Å²) in [6, 6.07) is 11.2. The topological polar surface area (TPSA) is 87.5 Å². The lowest BCUT2D eigenvalue weighted by Gasteiger charge is -2.31. The molecule has 2 aromatic carbocycles. The second-order valence-electron chi connectivity index (χ2n) is 10.0. The second-order valence-corrected chi connectivity index (χ2v) is 10.0. The molecule has 1 aliphatic carbocycles. The molecule has 0 aliphatic heterocycles. The number of nitrogens with one attached hydrogen (secondary N) is 1. The Hall–Kier alpha value is -3.52. The zero-order valence-corrected chi connectivity index (χ0v) is 21.2. The highest BCUT2D eigenvalue weighted by Gasteiger charge is 2.28. The minimum absolute atomic E-state index is 0.0580. The van der Waals surface area contributed by atoms with E-state index < -0.39 is 17.4 Å². The minimum atomic E-state index is -1.39. The number of hydrogen-bond acceptors (Lipinski definition) is 4. The highest BCUT2D eigenvalue weighted by Crippen LogP contribution is 2.30. The maximum atomic E-state index is 13.5. The molecule has 0 spiro atoms. The van der Waals surface area contributed by atoms with Gasteiger partial charge in [0.15, 0.2) is 5.72 Å². The molecule has 0 bridgehead atoms. The van der Waals surface area contributed by atoms with Crippen LogP contribution in [0.15, 0.2) is 48.7 Å². The molecular formula is C28H33FN4O3. The number of carbonyl (C=O) groups excluding carboxylic acids is 2. The van der Waals surface area contributed by atoms with Gasteiger partial charge in [-0.25, -0.2) is 9.07 Å². The van der Waals surface area contributed by atoms with Crippen LogP contribution in [0.5, 0.6) is 0 Å². The van der Waals surface area contributed by atoms with Crippen LogP contribution in [-0.4, -0.2) is 44.7 Å². The summed E-state index contributed by atoms with van der Waals surface area (Å²) in [5.41, 5.74) is 1.59. The molecule has 2 amide bonds. The highest BCUT2D eigenvalue weighted by molar-refractivity contribution is 6.08. The number of carbonyl (C=O) groups is 2. The first-order valence-corrected chi connectivity index (χ1v) is 12.3. The van der Waals surface area contributed by atoms with Crippen molar-refractivity contribution in [1.82, 2.24) is 14.7 Å². The molecule has 0 atom stereocenters. The summed E-state index contributed by atoms with van der Waals surface area (Å²) >= 11 is 0. The van der Waals surface area contributed by atoms with Crippen LogP contribution in [0.2, 0.25) is 0 Å². The van der Waals surface area contributed by atoms with Crippen LogP contribution in [0.4, 0.5) is 10.1 Å². The molecule has 190 valence electrons. The molecule has 1 aromatic heterocycles. The second kappa shape index (κ2) is 10.2. The van der Waals surface area contributed by atoms with Crippen LogP contribution < -0.4 is 5.32 Å². The van der Waals surface area contributed by atoms with Crippen molar-refractivity contribution in [2.24, 2.45) is 0 Å². The SMILES string of the molecule is Cc1ccc(NC(=O)c2cnn(C(C)(C)O)c2-c2ccc(F)cc2)cc1C(=O)N(C)C1CCCCC1. The molecule has 0 unspecified atom stereocenters. The quantitative estimate of drug-likeness (QED) is 0.486. The fourth-order valence-electron chi connectivity index (χ4n) is 4.77. The number of anilines is 1. The van der Waals surface area contributed by atoms with Gasteiger partial charge >= 0.3 is 0 Å². The number of aryl methyl sites for hydroxylation is 1. The first-order chi connectivity index (χ1) is 17.1. The van der Waals surface area contributed by atoms with Gasteiger partial charge in [0.05, 0.1) is 17.5 Å². The van der Waals surface area contributed by atoms with Gasteiger partial charge in [-0.1, -0.05) is 25.3 Å². The Balaban J connectivity index is 1.63. The van der Waals surface area contributed by atoms with E-state index in [1.54, 1.807) is 26.0 Å². The number of rotatable bonds is 6. The first kappa shape index (κ1) is 25.6. The maximum absolute atomic E-state index is 13.5. The molecule has 0 saturated heterocycles. The summed E-state index contributed by atoms with van der Waals surface area (Å²) in [6.07, 6.45) is 6.87. The summed E-state index contributed by atoms with van der Waals surface area (Å²) in [6.45, 7) is 4.98. The smallest absolute Gasteiger partial charge is 0.259 e. The third kappa shape index (κ3) is 5.33. The molecule has 1 aliphatic rings. The number of amides is 2. The molecule has 7 nitrogen and oxygen atoms in total. The third-order valence-corrected chi connectivity index (χ3v) is 6.82. The van der Waals surface area contributed by atoms with Gasteiger partial charge < -0.3 is 15.3 Å². The van der Waals surface area contributed by atoms with E-state index in [0.29, 0.717) is 22.5 Å². The average Bonchev–Trinajstić information content (AvgIpc) is 3.31. The molecule has 0 radical (unpaired) electrons. The van der Waals surface area contributed by atoms with Crippen molar-refractivity contribution in [2.75, 3.05) is 12.4 Å². The van der Waals surface area contributed by atoms with E-state index in [1.807, 2.05) is 24.9 Å². The Bertz CT molecular complexity index is 1250. The molecule has 8 heteroatoms. The van der Waals surface area contributed by atoms with Crippen molar-refractivity contribution in [3.8, 4) is 11.3 Å². The predicted molar refractivity (Wildman–Crippen MR) is 137 cm³/mol. The largest absolute Gasteiger partial charge is 0.370 e. The number of aromatic nitrogens is 2. The van der Waals surface area contributed by atoms with E-state index in [-0.39, 0.29) is 17.5 Å². The van der Waals surface area contributed by atoms with Crippen LogP contribution in [0, 0.1) is 12.7 Å². The Morgan fingerprint density at radius 3 is 2.39 bits per heavy atom. The minimum Gasteiger partial charge on any atom is -0.370 e. The molecule has 1 fully saturated rings. The molecular weight excluding hydrogens is 459 g/mol. The van der Waals surface area contributed by atoms with Gasteiger partial charge in [-0.3, -0.25) is 9.59 Å². The summed E-state index contributed by atoms with van der Waals surface area (Å²) in [7, 11) is 1.85. The average molecular weight is 493 g/mol. The Morgan fingerprint density at radius 2 is 1.75 bits per heavy atom. The Morgan fingerprint density at radius 1 is 1.08 bits per heavy atom. The van der Waals surface area contributed by atoms with Crippen molar-refractivity contribution in [3.63, 3.8) is 0 Å². The van der Waals surface area contributed by atoms with Gasteiger partial charge in [-0.2, -0.15) is 5.10 Å². The summed E-state index contributed by atoms with van der Waals surface area (Å²) in [5.74, 6) is -0.917. The van der Waals surface area contributed by atoms with Gasteiger partial charge in [0.25, 0.3) is 11.8 Å². The maximum Gasteiger partial charge on any atom is 0.259 e. The van der Waals surface area contributed by atoms with Crippen LogP contribution in [0.1, 0.15) is 72.2 Å². The van der Waals surface area contributed by atoms with Gasteiger partial charge in [-0.05, 0) is 75.6 Å². The van der Waals surface area contributed by atoms with Crippen LogP contribution >= 0.6 is 0 Å². The summed E-state index contributed by atoms with van der Waals surface area (Å²) in [5, 5.41) is 17.7. The third-order valence-electron chi connectivity index (χ3n) is 6.82. The zero-order valence-electron chi connectivity index (χ0n) is 21.2. The lowest BCUT2D eigenvalue weighted by Crippen LogP contribution is -2.38. The van der Waals surface area contributed by atoms with E-state index in [9.17, 15) is 19.1 Å². The fourth-order valence-corrected chi connectivity index (χ4v) is 4.77. The van der Waals surface area contributed by atoms with Gasteiger partial charge in [0.1, 0.15) is 5.82 Å². The number of aliphatic hydroxyl groups is 1. The predicted octanol–water partition coefficient (Wildman–Crippen LogP) is 5.34. The molecule has 36 heavy (non-hydrogen) atoms. The molecule has 1 saturated carbocycles. The zero-order chi connectivity index (χ0) is 26.0. The fraction of sp³-hybridized carbons (Fsp3) is 0.393. The van der Waals surface area contributed by atoms with E-state index in [4.69, 9.17) is 0 Å². The normalized spacial score (nSPS) is 14.5. The lowest BCUT2D eigenvalue weighted by molar-refractivity contribution is -0.00862. The van der Waals surface area contributed by atoms with E-state index in [0.717, 1.165) is 31.2 Å². The number of nitrogens with zero attached hydrogens (tertiary/aromatic N) is 3. The highest BCUT2D eigenvalue weighted by atomic mass is 19.1. The van der Waals surface area contributed by atoms with Crippen molar-refractivity contribution < 1.29 is 19.1 Å². The van der Waals surface area contributed by atoms with Gasteiger partial charge in [-0.15, -0.1) is 0 Å². The molecule has 2 N–H and O–H groups in total. The monoisotopic (exact) mass is 492 g/mol. The van der Waals surface area contributed by atoms with Gasteiger partial charge in [0.2, 0.25) is 0 Å². The van der Waals surface area contributed by atoms with E-state index in [2.05, 4.69) is 10.4 Å². The summed E-state index contributed by atoms with van der Waals surface area (Å²) < 4.78 is 14.9. The molecule has 3 aromatic rings. The first-order valence-electron chi connectivity index (χ1n) is 12.3. The Kier molecular flexibility index (Phi) is 7.26. The van der Waals surface area contributed by atoms with Gasteiger partial charge in [0, 0.05) is 29.9 Å². The van der Waals surface area contributed by atoms with Crippen molar-refractivity contribution in [2.45, 2.75) is 64.6 Å².